The molecule has 0 spiro atoms. The van der Waals surface area contributed by atoms with Crippen LogP contribution in [0.1, 0.15) is 25.3 Å². The van der Waals surface area contributed by atoms with Gasteiger partial charge in [-0.25, -0.2) is 18.4 Å². The van der Waals surface area contributed by atoms with Gasteiger partial charge in [0.15, 0.2) is 0 Å². The number of ether oxygens (including phenoxy) is 1. The quantitative estimate of drug-likeness (QED) is 0.697. The minimum atomic E-state index is -3.66. The number of aromatic nitrogens is 2. The maximum absolute atomic E-state index is 13.6. The van der Waals surface area contributed by atoms with Crippen molar-refractivity contribution in [3.8, 4) is 5.75 Å². The summed E-state index contributed by atoms with van der Waals surface area (Å²) in [7, 11) is 0.253. The van der Waals surface area contributed by atoms with Crippen molar-refractivity contribution in [1.29, 1.82) is 0 Å². The molecule has 2 aliphatic rings. The predicted octanol–water partition coefficient (Wildman–Crippen LogP) is 2.02. The maximum atomic E-state index is 13.6. The van der Waals surface area contributed by atoms with E-state index >= 15 is 0 Å². The van der Waals surface area contributed by atoms with Crippen LogP contribution in [0.4, 0.5) is 5.95 Å². The Hall–Kier alpha value is -2.23. The van der Waals surface area contributed by atoms with Crippen LogP contribution in [0.3, 0.4) is 0 Å². The predicted molar refractivity (Wildman–Crippen MR) is 120 cm³/mol. The first-order valence-electron chi connectivity index (χ1n) is 10.9. The van der Waals surface area contributed by atoms with Gasteiger partial charge in [-0.3, -0.25) is 0 Å². The molecule has 8 nitrogen and oxygen atoms in total. The molecule has 0 unspecified atom stereocenters. The van der Waals surface area contributed by atoms with Gasteiger partial charge in [-0.15, -0.1) is 0 Å². The molecule has 2 atom stereocenters. The third kappa shape index (κ3) is 4.53. The van der Waals surface area contributed by atoms with Gasteiger partial charge in [-0.1, -0.05) is 19.1 Å². The molecule has 4 rings (SSSR count). The summed E-state index contributed by atoms with van der Waals surface area (Å²) in [5.41, 5.74) is 1.10. The topological polar surface area (TPSA) is 78.9 Å². The van der Waals surface area contributed by atoms with Gasteiger partial charge in [0.2, 0.25) is 16.0 Å². The van der Waals surface area contributed by atoms with Crippen LogP contribution in [-0.2, 0) is 16.4 Å². The van der Waals surface area contributed by atoms with E-state index in [-0.39, 0.29) is 17.0 Å². The summed E-state index contributed by atoms with van der Waals surface area (Å²) < 4.78 is 35.2. The van der Waals surface area contributed by atoms with Crippen LogP contribution in [0.2, 0.25) is 0 Å². The van der Waals surface area contributed by atoms with Crippen LogP contribution in [0.5, 0.6) is 5.75 Å². The van der Waals surface area contributed by atoms with E-state index in [1.807, 2.05) is 37.5 Å². The number of sulfonamides is 1. The monoisotopic (exact) mass is 445 g/mol. The molecular weight excluding hydrogens is 414 g/mol. The van der Waals surface area contributed by atoms with E-state index in [0.717, 1.165) is 18.5 Å². The summed E-state index contributed by atoms with van der Waals surface area (Å²) in [6.45, 7) is 4.55. The standard InChI is InChI=1S/C22H31N5O3S/c1-4-17-15-23-22(24-16-17)26-11-9-18-19(10-12-26)30-20-7-5-6-8-21(20)31(28,29)27(18)14-13-25(2)3/h5-8,15-16,18-19H,4,9-14H2,1-3H3/t18-,19-/m1/s1. The van der Waals surface area contributed by atoms with Gasteiger partial charge >= 0.3 is 0 Å². The van der Waals surface area contributed by atoms with Crippen molar-refractivity contribution < 1.29 is 13.2 Å². The Morgan fingerprint density at radius 2 is 1.84 bits per heavy atom. The molecule has 1 aromatic carbocycles. The normalized spacial score (nSPS) is 23.4. The number of rotatable bonds is 5. The Balaban J connectivity index is 1.65. The summed E-state index contributed by atoms with van der Waals surface area (Å²) in [5, 5.41) is 0. The molecule has 1 saturated heterocycles. The van der Waals surface area contributed by atoms with Gasteiger partial charge in [-0.2, -0.15) is 4.31 Å². The van der Waals surface area contributed by atoms with Crippen molar-refractivity contribution in [2.24, 2.45) is 0 Å². The van der Waals surface area contributed by atoms with Crippen LogP contribution in [0.25, 0.3) is 0 Å². The lowest BCUT2D eigenvalue weighted by Gasteiger charge is -2.32. The van der Waals surface area contributed by atoms with Gasteiger partial charge in [0.1, 0.15) is 16.7 Å². The molecule has 1 aromatic heterocycles. The fourth-order valence-corrected chi connectivity index (χ4v) is 6.03. The lowest BCUT2D eigenvalue weighted by Crippen LogP contribution is -2.49. The van der Waals surface area contributed by atoms with Gasteiger partial charge in [0, 0.05) is 45.0 Å². The number of hydrogen-bond donors (Lipinski definition) is 0. The van der Waals surface area contributed by atoms with Crippen molar-refractivity contribution in [2.75, 3.05) is 45.2 Å². The third-order valence-electron chi connectivity index (χ3n) is 6.04. The van der Waals surface area contributed by atoms with Gasteiger partial charge in [-0.05, 0) is 44.6 Å². The van der Waals surface area contributed by atoms with Crippen molar-refractivity contribution >= 4 is 16.0 Å². The maximum Gasteiger partial charge on any atom is 0.247 e. The number of aryl methyl sites for hydroxylation is 1. The average Bonchev–Trinajstić information content (AvgIpc) is 3.01. The fraction of sp³-hybridized carbons (Fsp3) is 0.545. The van der Waals surface area contributed by atoms with Crippen LogP contribution in [-0.4, -0.2) is 80.0 Å². The number of fused-ring (bicyclic) bond motifs is 2. The second-order valence-electron chi connectivity index (χ2n) is 8.40. The molecule has 0 radical (unpaired) electrons. The first kappa shape index (κ1) is 22.0. The van der Waals surface area contributed by atoms with Crippen molar-refractivity contribution in [2.45, 2.75) is 43.2 Å². The molecule has 3 heterocycles. The molecule has 0 saturated carbocycles. The second kappa shape index (κ2) is 9.10. The molecular formula is C22H31N5O3S. The van der Waals surface area contributed by atoms with E-state index in [2.05, 4.69) is 21.8 Å². The Labute approximate surface area is 184 Å². The van der Waals surface area contributed by atoms with Crippen molar-refractivity contribution in [3.05, 3.63) is 42.2 Å². The number of para-hydroxylation sites is 1. The van der Waals surface area contributed by atoms with Crippen molar-refractivity contribution in [3.63, 3.8) is 0 Å². The molecule has 2 aliphatic heterocycles. The highest BCUT2D eigenvalue weighted by molar-refractivity contribution is 7.89. The van der Waals surface area contributed by atoms with E-state index in [4.69, 9.17) is 4.74 Å². The Kier molecular flexibility index (Phi) is 6.45. The number of anilines is 1. The molecule has 0 bridgehead atoms. The molecule has 1 fully saturated rings. The molecule has 0 N–H and O–H groups in total. The molecule has 31 heavy (non-hydrogen) atoms. The molecule has 2 aromatic rings. The van der Waals surface area contributed by atoms with Crippen LogP contribution in [0, 0.1) is 0 Å². The third-order valence-corrected chi connectivity index (χ3v) is 8.01. The van der Waals surface area contributed by atoms with E-state index in [9.17, 15) is 8.42 Å². The zero-order chi connectivity index (χ0) is 22.0. The zero-order valence-electron chi connectivity index (χ0n) is 18.4. The summed E-state index contributed by atoms with van der Waals surface area (Å²) in [6.07, 6.45) is 5.77. The number of likely N-dealkylation sites (N-methyl/N-ethyl adjacent to an activating group) is 1. The molecule has 168 valence electrons. The van der Waals surface area contributed by atoms with E-state index < -0.39 is 10.0 Å². The highest BCUT2D eigenvalue weighted by atomic mass is 32.2. The second-order valence-corrected chi connectivity index (χ2v) is 10.3. The smallest absolute Gasteiger partial charge is 0.247 e. The van der Waals surface area contributed by atoms with Crippen LogP contribution >= 0.6 is 0 Å². The fourth-order valence-electron chi connectivity index (χ4n) is 4.23. The summed E-state index contributed by atoms with van der Waals surface area (Å²) in [6, 6.07) is 6.75. The number of benzene rings is 1. The lowest BCUT2D eigenvalue weighted by molar-refractivity contribution is 0.110. The Morgan fingerprint density at radius 3 is 2.55 bits per heavy atom. The summed E-state index contributed by atoms with van der Waals surface area (Å²) in [4.78, 5) is 13.5. The van der Waals surface area contributed by atoms with Crippen molar-refractivity contribution in [1.82, 2.24) is 19.2 Å². The Bertz CT molecular complexity index is 996. The first-order valence-corrected chi connectivity index (χ1v) is 12.3. The highest BCUT2D eigenvalue weighted by Gasteiger charge is 2.43. The largest absolute Gasteiger partial charge is 0.487 e. The van der Waals surface area contributed by atoms with Crippen LogP contribution in [0.15, 0.2) is 41.6 Å². The number of nitrogens with zero attached hydrogens (tertiary/aromatic N) is 5. The minimum Gasteiger partial charge on any atom is -0.487 e. The van der Waals surface area contributed by atoms with E-state index in [1.54, 1.807) is 22.5 Å². The van der Waals surface area contributed by atoms with E-state index in [0.29, 0.717) is 44.2 Å². The number of hydrogen-bond acceptors (Lipinski definition) is 7. The van der Waals surface area contributed by atoms with Crippen LogP contribution < -0.4 is 9.64 Å². The van der Waals surface area contributed by atoms with Gasteiger partial charge in [0.05, 0.1) is 6.04 Å². The SMILES string of the molecule is CCc1cnc(N2CC[C@@H]3[C@@H](CC2)Oc2ccccc2S(=O)(=O)N3CCN(C)C)nc1. The average molecular weight is 446 g/mol. The summed E-state index contributed by atoms with van der Waals surface area (Å²) >= 11 is 0. The van der Waals surface area contributed by atoms with E-state index in [1.165, 1.54) is 0 Å². The van der Waals surface area contributed by atoms with Gasteiger partial charge < -0.3 is 14.5 Å². The molecule has 0 aliphatic carbocycles. The lowest BCUT2D eigenvalue weighted by atomic mass is 10.1. The summed E-state index contributed by atoms with van der Waals surface area (Å²) in [5.74, 6) is 1.14. The zero-order valence-corrected chi connectivity index (χ0v) is 19.3. The van der Waals surface area contributed by atoms with Gasteiger partial charge in [0.25, 0.3) is 0 Å². The molecule has 9 heteroatoms. The minimum absolute atomic E-state index is 0.222. The Morgan fingerprint density at radius 1 is 1.13 bits per heavy atom. The highest BCUT2D eigenvalue weighted by Crippen LogP contribution is 2.36. The first-order chi connectivity index (χ1) is 14.9. The molecule has 0 amide bonds.